The molecule has 168 valence electrons. The molecule has 2 fully saturated rings. The summed E-state index contributed by atoms with van der Waals surface area (Å²) in [7, 11) is 0. The zero-order chi connectivity index (χ0) is 21.8. The van der Waals surface area contributed by atoms with Gasteiger partial charge in [-0.3, -0.25) is 9.69 Å². The van der Waals surface area contributed by atoms with Crippen LogP contribution in [0.25, 0.3) is 5.52 Å². The molecule has 2 aliphatic heterocycles. The number of nitrogens with zero attached hydrogens (tertiary/aromatic N) is 4. The van der Waals surface area contributed by atoms with Crippen molar-refractivity contribution in [3.8, 4) is 0 Å². The minimum absolute atomic E-state index is 0.104. The van der Waals surface area contributed by atoms with Crippen molar-refractivity contribution in [2.75, 3.05) is 52.6 Å². The lowest BCUT2D eigenvalue weighted by molar-refractivity contribution is 0.0339. The fourth-order valence-electron chi connectivity index (χ4n) is 4.72. The van der Waals surface area contributed by atoms with Crippen LogP contribution in [0.1, 0.15) is 21.5 Å². The first-order chi connectivity index (χ1) is 15.8. The third kappa shape index (κ3) is 4.70. The number of carbonyl (C=O) groups is 1. The second kappa shape index (κ2) is 9.81. The van der Waals surface area contributed by atoms with E-state index in [4.69, 9.17) is 9.47 Å². The second-order valence-electron chi connectivity index (χ2n) is 8.64. The maximum Gasteiger partial charge on any atom is 0.254 e. The summed E-state index contributed by atoms with van der Waals surface area (Å²) in [6.45, 7) is 6.65. The molecule has 0 spiro atoms. The van der Waals surface area contributed by atoms with Crippen molar-refractivity contribution in [3.63, 3.8) is 0 Å². The Morgan fingerprint density at radius 3 is 2.69 bits per heavy atom. The third-order valence-corrected chi connectivity index (χ3v) is 6.40. The predicted octanol–water partition coefficient (Wildman–Crippen LogP) is 2.50. The predicted molar refractivity (Wildman–Crippen MR) is 122 cm³/mol. The van der Waals surface area contributed by atoms with Crippen LogP contribution in [0.3, 0.4) is 0 Å². The fraction of sp³-hybridized carbons (Fsp3) is 0.440. The normalized spacial score (nSPS) is 20.4. The van der Waals surface area contributed by atoms with E-state index in [9.17, 15) is 4.79 Å². The molecule has 0 aliphatic carbocycles. The van der Waals surface area contributed by atoms with Gasteiger partial charge in [0.05, 0.1) is 31.9 Å². The van der Waals surface area contributed by atoms with E-state index in [1.165, 1.54) is 5.56 Å². The molecule has 0 unspecified atom stereocenters. The highest BCUT2D eigenvalue weighted by Crippen LogP contribution is 2.21. The summed E-state index contributed by atoms with van der Waals surface area (Å²) in [4.78, 5) is 17.9. The number of rotatable bonds is 5. The molecule has 1 amide bonds. The van der Waals surface area contributed by atoms with Gasteiger partial charge < -0.3 is 14.4 Å². The van der Waals surface area contributed by atoms with Gasteiger partial charge in [-0.25, -0.2) is 4.52 Å². The van der Waals surface area contributed by atoms with Crippen molar-refractivity contribution in [3.05, 3.63) is 71.5 Å². The topological polar surface area (TPSA) is 59.3 Å². The van der Waals surface area contributed by atoms with E-state index in [0.717, 1.165) is 55.9 Å². The van der Waals surface area contributed by atoms with E-state index in [0.29, 0.717) is 26.3 Å². The lowest BCUT2D eigenvalue weighted by atomic mass is 9.98. The summed E-state index contributed by atoms with van der Waals surface area (Å²) in [5.41, 5.74) is 4.24. The Kier molecular flexibility index (Phi) is 6.48. The Morgan fingerprint density at radius 2 is 1.78 bits per heavy atom. The SMILES string of the molecule is O=C(c1ccccc1CN1CCOCC1)N1CCOC[C@H](Cc2cccn3nccc23)C1. The van der Waals surface area contributed by atoms with Gasteiger partial charge in [-0.05, 0) is 35.7 Å². The van der Waals surface area contributed by atoms with Gasteiger partial charge in [-0.2, -0.15) is 5.10 Å². The molecule has 2 aliphatic rings. The van der Waals surface area contributed by atoms with Crippen LogP contribution in [-0.4, -0.2) is 77.9 Å². The monoisotopic (exact) mass is 434 g/mol. The molecule has 7 heteroatoms. The van der Waals surface area contributed by atoms with Gasteiger partial charge in [-0.1, -0.05) is 24.3 Å². The molecule has 1 aromatic carbocycles. The van der Waals surface area contributed by atoms with Crippen molar-refractivity contribution < 1.29 is 14.3 Å². The largest absolute Gasteiger partial charge is 0.379 e. The van der Waals surface area contributed by atoms with Gasteiger partial charge in [0.2, 0.25) is 0 Å². The minimum atomic E-state index is 0.104. The lowest BCUT2D eigenvalue weighted by Crippen LogP contribution is -2.38. The summed E-state index contributed by atoms with van der Waals surface area (Å²) in [5.74, 6) is 0.348. The summed E-state index contributed by atoms with van der Waals surface area (Å²) in [6, 6.07) is 14.2. The van der Waals surface area contributed by atoms with E-state index in [1.807, 2.05) is 52.1 Å². The molecule has 2 aromatic heterocycles. The Labute approximate surface area is 188 Å². The Hall–Kier alpha value is -2.74. The maximum atomic E-state index is 13.6. The number of pyridine rings is 1. The Morgan fingerprint density at radius 1 is 0.969 bits per heavy atom. The van der Waals surface area contributed by atoms with Crippen molar-refractivity contribution in [2.24, 2.45) is 5.92 Å². The van der Waals surface area contributed by atoms with Gasteiger partial charge in [0, 0.05) is 56.6 Å². The molecule has 4 heterocycles. The molecule has 32 heavy (non-hydrogen) atoms. The van der Waals surface area contributed by atoms with Gasteiger partial charge in [-0.15, -0.1) is 0 Å². The number of amides is 1. The molecule has 1 atom stereocenters. The second-order valence-corrected chi connectivity index (χ2v) is 8.64. The Balaban J connectivity index is 1.32. The van der Waals surface area contributed by atoms with Crippen LogP contribution >= 0.6 is 0 Å². The number of hydrogen-bond acceptors (Lipinski definition) is 5. The molecule has 7 nitrogen and oxygen atoms in total. The summed E-state index contributed by atoms with van der Waals surface area (Å²) in [5, 5.41) is 4.34. The minimum Gasteiger partial charge on any atom is -0.379 e. The highest BCUT2D eigenvalue weighted by atomic mass is 16.5. The van der Waals surface area contributed by atoms with Gasteiger partial charge in [0.15, 0.2) is 0 Å². The molecule has 5 rings (SSSR count). The molecule has 2 saturated heterocycles. The van der Waals surface area contributed by atoms with Crippen LogP contribution in [0.5, 0.6) is 0 Å². The smallest absolute Gasteiger partial charge is 0.254 e. The molecule has 0 saturated carbocycles. The van der Waals surface area contributed by atoms with E-state index in [-0.39, 0.29) is 11.8 Å². The van der Waals surface area contributed by atoms with Crippen LogP contribution in [-0.2, 0) is 22.4 Å². The summed E-state index contributed by atoms with van der Waals surface area (Å²) >= 11 is 0. The van der Waals surface area contributed by atoms with E-state index < -0.39 is 0 Å². The van der Waals surface area contributed by atoms with Gasteiger partial charge in [0.25, 0.3) is 5.91 Å². The molecular weight excluding hydrogens is 404 g/mol. The average molecular weight is 435 g/mol. The maximum absolute atomic E-state index is 13.6. The molecular formula is C25H30N4O3. The summed E-state index contributed by atoms with van der Waals surface area (Å²) < 4.78 is 13.3. The van der Waals surface area contributed by atoms with Crippen molar-refractivity contribution in [1.82, 2.24) is 19.4 Å². The molecule has 0 radical (unpaired) electrons. The number of ether oxygens (including phenoxy) is 2. The highest BCUT2D eigenvalue weighted by molar-refractivity contribution is 5.95. The average Bonchev–Trinajstić information content (AvgIpc) is 3.20. The van der Waals surface area contributed by atoms with E-state index >= 15 is 0 Å². The highest BCUT2D eigenvalue weighted by Gasteiger charge is 2.26. The first kappa shape index (κ1) is 21.1. The number of carbonyl (C=O) groups excluding carboxylic acids is 1. The first-order valence-corrected chi connectivity index (χ1v) is 11.4. The van der Waals surface area contributed by atoms with E-state index in [2.05, 4.69) is 22.1 Å². The molecule has 3 aromatic rings. The first-order valence-electron chi connectivity index (χ1n) is 11.4. The number of fused-ring (bicyclic) bond motifs is 1. The van der Waals surface area contributed by atoms with Gasteiger partial charge >= 0.3 is 0 Å². The quantitative estimate of drug-likeness (QED) is 0.618. The fourth-order valence-corrected chi connectivity index (χ4v) is 4.72. The summed E-state index contributed by atoms with van der Waals surface area (Å²) in [6.07, 6.45) is 4.64. The zero-order valence-corrected chi connectivity index (χ0v) is 18.4. The third-order valence-electron chi connectivity index (χ3n) is 6.40. The number of aromatic nitrogens is 2. The van der Waals surface area contributed by atoms with Crippen LogP contribution < -0.4 is 0 Å². The van der Waals surface area contributed by atoms with Crippen LogP contribution in [0.2, 0.25) is 0 Å². The number of benzene rings is 1. The molecule has 0 bridgehead atoms. The van der Waals surface area contributed by atoms with E-state index in [1.54, 1.807) is 0 Å². The van der Waals surface area contributed by atoms with Crippen LogP contribution in [0, 0.1) is 5.92 Å². The number of morpholine rings is 1. The van der Waals surface area contributed by atoms with Gasteiger partial charge in [0.1, 0.15) is 0 Å². The van der Waals surface area contributed by atoms with Crippen molar-refractivity contribution in [2.45, 2.75) is 13.0 Å². The Bertz CT molecular complexity index is 1060. The van der Waals surface area contributed by atoms with Crippen molar-refractivity contribution in [1.29, 1.82) is 0 Å². The standard InChI is InChI=1S/C25H30N4O3/c30-25(23-6-2-1-4-22(23)18-27-10-13-31-14-11-27)28-12-15-32-19-20(17-28)16-21-5-3-9-29-24(21)7-8-26-29/h1-9,20H,10-19H2/t20-/m1/s1. The lowest BCUT2D eigenvalue weighted by Gasteiger charge is -2.28. The number of hydrogen-bond donors (Lipinski definition) is 0. The molecule has 0 N–H and O–H groups in total. The van der Waals surface area contributed by atoms with Crippen LogP contribution in [0.4, 0.5) is 0 Å². The van der Waals surface area contributed by atoms with Crippen LogP contribution in [0.15, 0.2) is 54.9 Å². The zero-order valence-electron chi connectivity index (χ0n) is 18.4. The van der Waals surface area contributed by atoms with Crippen molar-refractivity contribution >= 4 is 11.4 Å².